The summed E-state index contributed by atoms with van der Waals surface area (Å²) >= 11 is 12.0. The van der Waals surface area contributed by atoms with E-state index in [1.54, 1.807) is 29.2 Å². The maximum absolute atomic E-state index is 12.6. The maximum Gasteiger partial charge on any atom is 0.237 e. The summed E-state index contributed by atoms with van der Waals surface area (Å²) in [6, 6.07) is 5.39. The van der Waals surface area contributed by atoms with Crippen molar-refractivity contribution in [2.45, 2.75) is 32.2 Å². The standard InChI is InChI=1S/C18H17Cl2N3O2/c19-15-6-5-11(7-16(15)20)9-22-10-12(8-21-22)23-17(24)13-3-1-2-4-14(13)18(23)25/h5-8,10,13-14H,1-4,9H2. The van der Waals surface area contributed by atoms with E-state index in [0.717, 1.165) is 31.2 Å². The molecule has 0 bridgehead atoms. The molecule has 25 heavy (non-hydrogen) atoms. The Morgan fingerprint density at radius 2 is 1.72 bits per heavy atom. The van der Waals surface area contributed by atoms with Gasteiger partial charge in [-0.3, -0.25) is 14.3 Å². The quantitative estimate of drug-likeness (QED) is 0.761. The SMILES string of the molecule is O=C1C2CCCCC2C(=O)N1c1cnn(Cc2ccc(Cl)c(Cl)c2)c1. The Kier molecular flexibility index (Phi) is 4.29. The van der Waals surface area contributed by atoms with Crippen molar-refractivity contribution in [3.63, 3.8) is 0 Å². The van der Waals surface area contributed by atoms with Gasteiger partial charge in [0.25, 0.3) is 0 Å². The van der Waals surface area contributed by atoms with Crippen LogP contribution >= 0.6 is 23.2 Å². The van der Waals surface area contributed by atoms with Crippen LogP contribution < -0.4 is 4.90 Å². The Morgan fingerprint density at radius 1 is 1.04 bits per heavy atom. The fourth-order valence-electron chi connectivity index (χ4n) is 3.80. The molecule has 2 unspecified atom stereocenters. The van der Waals surface area contributed by atoms with Gasteiger partial charge in [-0.25, -0.2) is 4.90 Å². The number of hydrogen-bond donors (Lipinski definition) is 0. The van der Waals surface area contributed by atoms with Crippen molar-refractivity contribution in [2.75, 3.05) is 4.90 Å². The third-order valence-corrected chi connectivity index (χ3v) is 5.79. The smallest absolute Gasteiger partial charge is 0.237 e. The molecule has 5 nitrogen and oxygen atoms in total. The fourth-order valence-corrected chi connectivity index (χ4v) is 4.12. The van der Waals surface area contributed by atoms with Gasteiger partial charge in [0, 0.05) is 6.20 Å². The Balaban J connectivity index is 1.55. The number of carbonyl (C=O) groups excluding carboxylic acids is 2. The molecule has 1 saturated heterocycles. The van der Waals surface area contributed by atoms with Gasteiger partial charge in [0.05, 0.1) is 40.3 Å². The Morgan fingerprint density at radius 3 is 2.36 bits per heavy atom. The Labute approximate surface area is 155 Å². The van der Waals surface area contributed by atoms with Gasteiger partial charge in [-0.1, -0.05) is 42.1 Å². The van der Waals surface area contributed by atoms with Gasteiger partial charge >= 0.3 is 0 Å². The first kappa shape index (κ1) is 16.6. The maximum atomic E-state index is 12.6. The predicted octanol–water partition coefficient (Wildman–Crippen LogP) is 3.92. The summed E-state index contributed by atoms with van der Waals surface area (Å²) in [6.45, 7) is 0.486. The largest absolute Gasteiger partial charge is 0.274 e. The van der Waals surface area contributed by atoms with E-state index < -0.39 is 0 Å². The summed E-state index contributed by atoms with van der Waals surface area (Å²) in [7, 11) is 0. The zero-order valence-electron chi connectivity index (χ0n) is 13.5. The molecule has 1 saturated carbocycles. The number of aromatic nitrogens is 2. The second-order valence-corrected chi connectivity index (χ2v) is 7.47. The third-order valence-electron chi connectivity index (χ3n) is 5.05. The number of anilines is 1. The molecule has 2 heterocycles. The van der Waals surface area contributed by atoms with E-state index >= 15 is 0 Å². The van der Waals surface area contributed by atoms with Crippen molar-refractivity contribution in [3.05, 3.63) is 46.2 Å². The lowest BCUT2D eigenvalue weighted by Gasteiger charge is -2.19. The molecule has 130 valence electrons. The van der Waals surface area contributed by atoms with Crippen LogP contribution in [0.25, 0.3) is 0 Å². The van der Waals surface area contributed by atoms with E-state index in [2.05, 4.69) is 5.10 Å². The molecule has 7 heteroatoms. The van der Waals surface area contributed by atoms with Crippen LogP contribution in [0.5, 0.6) is 0 Å². The van der Waals surface area contributed by atoms with Crippen LogP contribution in [0.1, 0.15) is 31.2 Å². The molecule has 1 aromatic carbocycles. The minimum Gasteiger partial charge on any atom is -0.274 e. The number of carbonyl (C=O) groups is 2. The average Bonchev–Trinajstić information content (AvgIpc) is 3.15. The second kappa shape index (κ2) is 6.46. The van der Waals surface area contributed by atoms with Crippen LogP contribution in [0.15, 0.2) is 30.6 Å². The zero-order chi connectivity index (χ0) is 17.6. The lowest BCUT2D eigenvalue weighted by molar-refractivity contribution is -0.122. The first-order chi connectivity index (χ1) is 12.0. The molecule has 1 aliphatic carbocycles. The lowest BCUT2D eigenvalue weighted by atomic mass is 9.81. The summed E-state index contributed by atoms with van der Waals surface area (Å²) in [5.41, 5.74) is 1.49. The number of amides is 2. The number of benzene rings is 1. The van der Waals surface area contributed by atoms with E-state index in [9.17, 15) is 9.59 Å². The number of hydrogen-bond acceptors (Lipinski definition) is 3. The van der Waals surface area contributed by atoms with E-state index in [4.69, 9.17) is 23.2 Å². The molecule has 1 aromatic heterocycles. The molecule has 0 radical (unpaired) electrons. The van der Waals surface area contributed by atoms with Crippen molar-refractivity contribution < 1.29 is 9.59 Å². The molecular weight excluding hydrogens is 361 g/mol. The van der Waals surface area contributed by atoms with Crippen LogP contribution in [0, 0.1) is 11.8 Å². The van der Waals surface area contributed by atoms with Crippen molar-refractivity contribution in [2.24, 2.45) is 11.8 Å². The van der Waals surface area contributed by atoms with Gasteiger partial charge in [0.15, 0.2) is 0 Å². The number of halogens is 2. The highest BCUT2D eigenvalue weighted by Crippen LogP contribution is 2.39. The zero-order valence-corrected chi connectivity index (χ0v) is 15.0. The normalized spacial score (nSPS) is 23.2. The van der Waals surface area contributed by atoms with Gasteiger partial charge in [-0.15, -0.1) is 0 Å². The van der Waals surface area contributed by atoms with E-state index in [-0.39, 0.29) is 23.7 Å². The molecule has 4 rings (SSSR count). The van der Waals surface area contributed by atoms with Gasteiger partial charge in [0.2, 0.25) is 11.8 Å². The highest BCUT2D eigenvalue weighted by Gasteiger charge is 2.49. The van der Waals surface area contributed by atoms with Gasteiger partial charge in [-0.05, 0) is 30.5 Å². The van der Waals surface area contributed by atoms with E-state index in [1.807, 2.05) is 6.07 Å². The van der Waals surface area contributed by atoms with Crippen LogP contribution in [0.3, 0.4) is 0 Å². The fraction of sp³-hybridized carbons (Fsp3) is 0.389. The molecule has 2 amide bonds. The first-order valence-electron chi connectivity index (χ1n) is 8.39. The lowest BCUT2D eigenvalue weighted by Crippen LogP contribution is -2.30. The highest BCUT2D eigenvalue weighted by atomic mass is 35.5. The van der Waals surface area contributed by atoms with Gasteiger partial charge < -0.3 is 0 Å². The molecule has 2 fully saturated rings. The molecule has 2 aromatic rings. The van der Waals surface area contributed by atoms with Crippen molar-refractivity contribution in [1.29, 1.82) is 0 Å². The van der Waals surface area contributed by atoms with Crippen molar-refractivity contribution in [3.8, 4) is 0 Å². The summed E-state index contributed by atoms with van der Waals surface area (Å²) < 4.78 is 1.69. The second-order valence-electron chi connectivity index (χ2n) is 6.65. The Hall–Kier alpha value is -1.85. The van der Waals surface area contributed by atoms with Gasteiger partial charge in [-0.2, -0.15) is 5.10 Å². The molecule has 2 aliphatic rings. The Bertz CT molecular complexity index is 825. The summed E-state index contributed by atoms with van der Waals surface area (Å²) in [5.74, 6) is -0.466. The minimum atomic E-state index is -0.153. The third kappa shape index (κ3) is 2.96. The van der Waals surface area contributed by atoms with Crippen LogP contribution in [0.2, 0.25) is 10.0 Å². The number of fused-ring (bicyclic) bond motifs is 1. The highest BCUT2D eigenvalue weighted by molar-refractivity contribution is 6.42. The van der Waals surface area contributed by atoms with Crippen LogP contribution in [0.4, 0.5) is 5.69 Å². The minimum absolute atomic E-state index is 0.0798. The van der Waals surface area contributed by atoms with Gasteiger partial charge in [0.1, 0.15) is 0 Å². The molecule has 2 atom stereocenters. The summed E-state index contributed by atoms with van der Waals surface area (Å²) in [6.07, 6.45) is 6.96. The van der Waals surface area contributed by atoms with Crippen LogP contribution in [-0.2, 0) is 16.1 Å². The number of nitrogens with zero attached hydrogens (tertiary/aromatic N) is 3. The van der Waals surface area contributed by atoms with Crippen LogP contribution in [-0.4, -0.2) is 21.6 Å². The molecule has 0 spiro atoms. The van der Waals surface area contributed by atoms with Crippen molar-refractivity contribution >= 4 is 40.7 Å². The van der Waals surface area contributed by atoms with Crippen molar-refractivity contribution in [1.82, 2.24) is 9.78 Å². The molecular formula is C18H17Cl2N3O2. The summed E-state index contributed by atoms with van der Waals surface area (Å²) in [5, 5.41) is 5.28. The number of rotatable bonds is 3. The van der Waals surface area contributed by atoms with E-state index in [0.29, 0.717) is 22.3 Å². The summed E-state index contributed by atoms with van der Waals surface area (Å²) in [4.78, 5) is 26.6. The van der Waals surface area contributed by atoms with E-state index in [1.165, 1.54) is 4.90 Å². The number of imide groups is 1. The first-order valence-corrected chi connectivity index (χ1v) is 9.14. The average molecular weight is 378 g/mol. The topological polar surface area (TPSA) is 55.2 Å². The predicted molar refractivity (Wildman–Crippen MR) is 95.7 cm³/mol. The molecule has 0 N–H and O–H groups in total. The molecule has 1 aliphatic heterocycles. The monoisotopic (exact) mass is 377 g/mol.